The summed E-state index contributed by atoms with van der Waals surface area (Å²) >= 11 is 0. The number of carbonyl (C=O) groups excluding carboxylic acids is 6. The molecular formula is C14H12N6O6. The first-order chi connectivity index (χ1) is 12.7. The van der Waals surface area contributed by atoms with E-state index in [4.69, 9.17) is 0 Å². The third-order valence-corrected chi connectivity index (χ3v) is 3.14. The Kier molecular flexibility index (Phi) is 12.7. The van der Waals surface area contributed by atoms with Crippen LogP contribution >= 0.6 is 0 Å². The van der Waals surface area contributed by atoms with Crippen molar-refractivity contribution < 1.29 is 28.8 Å². The summed E-state index contributed by atoms with van der Waals surface area (Å²) in [6, 6.07) is -4.24. The zero-order valence-electron chi connectivity index (χ0n) is 13.3. The molecule has 0 aliphatic rings. The molecule has 0 aromatic carbocycles. The van der Waals surface area contributed by atoms with Crippen LogP contribution in [0.25, 0.3) is 0 Å². The van der Waals surface area contributed by atoms with Crippen LogP contribution in [0.2, 0.25) is 0 Å². The van der Waals surface area contributed by atoms with Crippen LogP contribution in [0.5, 0.6) is 0 Å². The van der Waals surface area contributed by atoms with Crippen LogP contribution in [-0.2, 0) is 28.8 Å². The standard InChI is InChI=1S/C14H12N6O6/c21-5-15-2-1-12(18-8-24)14(20-10-26)13(19-9-25)3-11(17-7-23)4-16-6-22/h11-14H,1-4H2. The first kappa shape index (κ1) is 22.3. The van der Waals surface area contributed by atoms with Crippen molar-refractivity contribution in [2.24, 2.45) is 30.0 Å². The summed E-state index contributed by atoms with van der Waals surface area (Å²) in [5.74, 6) is 0. The van der Waals surface area contributed by atoms with Gasteiger partial charge in [0.15, 0.2) is 0 Å². The fraction of sp³-hybridized carbons (Fsp3) is 0.571. The molecule has 0 radical (unpaired) electrons. The van der Waals surface area contributed by atoms with E-state index in [1.807, 2.05) is 0 Å². The van der Waals surface area contributed by atoms with Gasteiger partial charge in [-0.25, -0.2) is 53.7 Å². The molecular weight excluding hydrogens is 348 g/mol. The number of nitrogens with zero attached hydrogens (tertiary/aromatic N) is 6. The van der Waals surface area contributed by atoms with Crippen LogP contribution in [0.1, 0.15) is 12.8 Å². The molecule has 26 heavy (non-hydrogen) atoms. The van der Waals surface area contributed by atoms with E-state index in [0.29, 0.717) is 0 Å². The van der Waals surface area contributed by atoms with Gasteiger partial charge in [-0.05, 0) is 12.8 Å². The molecule has 12 heteroatoms. The summed E-state index contributed by atoms with van der Waals surface area (Å²) in [5, 5.41) is 0. The van der Waals surface area contributed by atoms with Gasteiger partial charge in [0, 0.05) is 0 Å². The fourth-order valence-electron chi connectivity index (χ4n) is 2.11. The Balaban J connectivity index is 5.77. The smallest absolute Gasteiger partial charge is 0.211 e. The van der Waals surface area contributed by atoms with E-state index in [0.717, 1.165) is 0 Å². The summed E-state index contributed by atoms with van der Waals surface area (Å²) < 4.78 is 0. The van der Waals surface area contributed by atoms with Gasteiger partial charge in [0.1, 0.15) is 6.04 Å². The topological polar surface area (TPSA) is 177 Å². The van der Waals surface area contributed by atoms with Gasteiger partial charge in [-0.2, -0.15) is 4.99 Å². The van der Waals surface area contributed by atoms with Crippen LogP contribution in [0.3, 0.4) is 0 Å². The largest absolute Gasteiger partial charge is 0.235 e. The molecule has 0 aromatic heterocycles. The van der Waals surface area contributed by atoms with Gasteiger partial charge in [-0.1, -0.05) is 0 Å². The predicted molar refractivity (Wildman–Crippen MR) is 82.8 cm³/mol. The van der Waals surface area contributed by atoms with Crippen LogP contribution in [0.15, 0.2) is 30.0 Å². The van der Waals surface area contributed by atoms with E-state index in [1.165, 1.54) is 36.5 Å². The molecule has 0 bridgehead atoms. The van der Waals surface area contributed by atoms with E-state index >= 15 is 0 Å². The monoisotopic (exact) mass is 360 g/mol. The van der Waals surface area contributed by atoms with Gasteiger partial charge in [0.05, 0.1) is 31.2 Å². The molecule has 0 fully saturated rings. The molecule has 0 heterocycles. The molecule has 12 nitrogen and oxygen atoms in total. The van der Waals surface area contributed by atoms with Crippen molar-refractivity contribution in [1.82, 2.24) is 0 Å². The van der Waals surface area contributed by atoms with Gasteiger partial charge >= 0.3 is 0 Å². The fourth-order valence-corrected chi connectivity index (χ4v) is 2.11. The van der Waals surface area contributed by atoms with Crippen LogP contribution in [-0.4, -0.2) is 73.7 Å². The zero-order chi connectivity index (χ0) is 19.6. The third-order valence-electron chi connectivity index (χ3n) is 3.14. The molecule has 0 aliphatic carbocycles. The highest BCUT2D eigenvalue weighted by Gasteiger charge is 2.31. The first-order valence-electron chi connectivity index (χ1n) is 7.03. The van der Waals surface area contributed by atoms with Crippen molar-refractivity contribution in [1.29, 1.82) is 0 Å². The highest BCUT2D eigenvalue weighted by Crippen LogP contribution is 2.20. The minimum atomic E-state index is -1.18. The van der Waals surface area contributed by atoms with Crippen LogP contribution in [0.4, 0.5) is 0 Å². The van der Waals surface area contributed by atoms with Crippen molar-refractivity contribution in [3.8, 4) is 0 Å². The molecule has 4 atom stereocenters. The summed E-state index contributed by atoms with van der Waals surface area (Å²) in [7, 11) is 0. The van der Waals surface area contributed by atoms with Crippen molar-refractivity contribution in [2.75, 3.05) is 13.1 Å². The minimum Gasteiger partial charge on any atom is -0.211 e. The van der Waals surface area contributed by atoms with E-state index in [-0.39, 0.29) is 25.9 Å². The van der Waals surface area contributed by atoms with Crippen LogP contribution in [0, 0.1) is 0 Å². The van der Waals surface area contributed by atoms with Gasteiger partial charge in [-0.3, -0.25) is 0 Å². The molecule has 0 aromatic rings. The summed E-state index contributed by atoms with van der Waals surface area (Å²) in [6.07, 6.45) is 7.52. The SMILES string of the molecule is O=C=NCCC(N=C=O)C(N=C=O)C(CC(CN=C=O)N=C=O)N=C=O. The van der Waals surface area contributed by atoms with Crippen molar-refractivity contribution in [2.45, 2.75) is 37.0 Å². The second-order valence-corrected chi connectivity index (χ2v) is 4.59. The maximum absolute atomic E-state index is 10.7. The Labute approximate surface area is 146 Å². The van der Waals surface area contributed by atoms with Crippen molar-refractivity contribution >= 4 is 36.5 Å². The molecule has 0 amide bonds. The zero-order valence-corrected chi connectivity index (χ0v) is 13.3. The normalized spacial score (nSPS) is 13.4. The molecule has 0 saturated carbocycles. The molecule has 0 aliphatic heterocycles. The Morgan fingerprint density at radius 1 is 0.615 bits per heavy atom. The highest BCUT2D eigenvalue weighted by atomic mass is 16.1. The lowest BCUT2D eigenvalue weighted by Crippen LogP contribution is -2.37. The number of hydrogen-bond acceptors (Lipinski definition) is 12. The molecule has 0 spiro atoms. The average molecular weight is 360 g/mol. The van der Waals surface area contributed by atoms with Gasteiger partial charge < -0.3 is 0 Å². The van der Waals surface area contributed by atoms with E-state index < -0.39 is 24.2 Å². The maximum atomic E-state index is 10.7. The number of hydrogen-bond donors (Lipinski definition) is 0. The van der Waals surface area contributed by atoms with Gasteiger partial charge in [-0.15, -0.1) is 0 Å². The number of isocyanates is 6. The van der Waals surface area contributed by atoms with Gasteiger partial charge in [0.2, 0.25) is 36.5 Å². The Morgan fingerprint density at radius 3 is 1.73 bits per heavy atom. The summed E-state index contributed by atoms with van der Waals surface area (Å²) in [5.41, 5.74) is 0. The van der Waals surface area contributed by atoms with Crippen molar-refractivity contribution in [3.63, 3.8) is 0 Å². The Hall–Kier alpha value is -3.72. The molecule has 134 valence electrons. The quantitative estimate of drug-likeness (QED) is 0.308. The number of aliphatic imine (C=N–C) groups is 6. The highest BCUT2D eigenvalue weighted by molar-refractivity contribution is 5.39. The van der Waals surface area contributed by atoms with E-state index in [2.05, 4.69) is 30.0 Å². The minimum absolute atomic E-state index is 0.0146. The lowest BCUT2D eigenvalue weighted by molar-refractivity contribution is 0.390. The predicted octanol–water partition coefficient (Wildman–Crippen LogP) is -0.744. The lowest BCUT2D eigenvalue weighted by atomic mass is 9.93. The molecule has 4 unspecified atom stereocenters. The molecule has 0 saturated heterocycles. The second kappa shape index (κ2) is 14.8. The molecule has 0 N–H and O–H groups in total. The Bertz CT molecular complexity index is 746. The third kappa shape index (κ3) is 8.79. The van der Waals surface area contributed by atoms with Gasteiger partial charge in [0.25, 0.3) is 0 Å². The molecule has 0 rings (SSSR count). The Morgan fingerprint density at radius 2 is 1.19 bits per heavy atom. The number of rotatable bonds is 13. The average Bonchev–Trinajstić information content (AvgIpc) is 2.63. The van der Waals surface area contributed by atoms with E-state index in [1.54, 1.807) is 0 Å². The first-order valence-corrected chi connectivity index (χ1v) is 7.03. The van der Waals surface area contributed by atoms with Crippen molar-refractivity contribution in [3.05, 3.63) is 0 Å². The van der Waals surface area contributed by atoms with E-state index in [9.17, 15) is 28.8 Å². The summed E-state index contributed by atoms with van der Waals surface area (Å²) in [4.78, 5) is 83.4. The van der Waals surface area contributed by atoms with Crippen LogP contribution < -0.4 is 0 Å². The maximum Gasteiger partial charge on any atom is 0.235 e. The lowest BCUT2D eigenvalue weighted by Gasteiger charge is -2.24. The summed E-state index contributed by atoms with van der Waals surface area (Å²) in [6.45, 7) is -0.342. The second-order valence-electron chi connectivity index (χ2n) is 4.59.